The number of anilines is 2. The van der Waals surface area contributed by atoms with Crippen molar-refractivity contribution in [3.05, 3.63) is 42.1 Å². The first kappa shape index (κ1) is 12.2. The van der Waals surface area contributed by atoms with Crippen LogP contribution < -0.4 is 11.5 Å². The van der Waals surface area contributed by atoms with E-state index in [0.717, 1.165) is 18.3 Å². The number of halogens is 3. The number of aromatic nitrogens is 1. The van der Waals surface area contributed by atoms with Gasteiger partial charge in [-0.3, -0.25) is 4.98 Å². The topological polar surface area (TPSA) is 64.9 Å². The lowest BCUT2D eigenvalue weighted by Crippen LogP contribution is -2.05. The van der Waals surface area contributed by atoms with Crippen molar-refractivity contribution in [2.75, 3.05) is 11.5 Å². The monoisotopic (exact) mass is 253 g/mol. The number of hydrogen-bond donors (Lipinski definition) is 2. The van der Waals surface area contributed by atoms with Gasteiger partial charge in [0, 0.05) is 23.1 Å². The third-order valence-electron chi connectivity index (χ3n) is 2.44. The van der Waals surface area contributed by atoms with Crippen LogP contribution in [0.15, 0.2) is 36.5 Å². The molecule has 0 fully saturated rings. The standard InChI is InChI=1S/C12H10F3N3/c13-12(14,15)7-3-4-18-11(5-7)9-6-8(16)1-2-10(9)17/h1-6H,16-17H2. The Kier molecular flexibility index (Phi) is 2.86. The van der Waals surface area contributed by atoms with Crippen molar-refractivity contribution < 1.29 is 13.2 Å². The first-order valence-electron chi connectivity index (χ1n) is 5.06. The van der Waals surface area contributed by atoms with Gasteiger partial charge in [-0.05, 0) is 30.3 Å². The third-order valence-corrected chi connectivity index (χ3v) is 2.44. The summed E-state index contributed by atoms with van der Waals surface area (Å²) in [4.78, 5) is 3.89. The summed E-state index contributed by atoms with van der Waals surface area (Å²) in [5.41, 5.74) is 11.8. The minimum absolute atomic E-state index is 0.148. The van der Waals surface area contributed by atoms with Crippen LogP contribution in [0.1, 0.15) is 5.56 Å². The normalized spacial score (nSPS) is 11.5. The molecule has 1 heterocycles. The highest BCUT2D eigenvalue weighted by atomic mass is 19.4. The zero-order valence-corrected chi connectivity index (χ0v) is 9.20. The summed E-state index contributed by atoms with van der Waals surface area (Å²) < 4.78 is 37.7. The number of alkyl halides is 3. The molecule has 0 radical (unpaired) electrons. The van der Waals surface area contributed by atoms with E-state index in [4.69, 9.17) is 11.5 Å². The minimum Gasteiger partial charge on any atom is -0.399 e. The maximum absolute atomic E-state index is 12.6. The summed E-state index contributed by atoms with van der Waals surface area (Å²) in [5.74, 6) is 0. The average Bonchev–Trinajstić information content (AvgIpc) is 2.31. The molecule has 94 valence electrons. The molecule has 2 aromatic rings. The Labute approximate surface area is 101 Å². The van der Waals surface area contributed by atoms with Crippen molar-refractivity contribution >= 4 is 11.4 Å². The Morgan fingerprint density at radius 3 is 2.39 bits per heavy atom. The minimum atomic E-state index is -4.41. The van der Waals surface area contributed by atoms with E-state index >= 15 is 0 Å². The van der Waals surface area contributed by atoms with E-state index in [2.05, 4.69) is 4.98 Å². The van der Waals surface area contributed by atoms with Crippen molar-refractivity contribution in [2.45, 2.75) is 6.18 Å². The highest BCUT2D eigenvalue weighted by molar-refractivity contribution is 5.77. The molecule has 18 heavy (non-hydrogen) atoms. The predicted molar refractivity (Wildman–Crippen MR) is 63.5 cm³/mol. The average molecular weight is 253 g/mol. The summed E-state index contributed by atoms with van der Waals surface area (Å²) in [5, 5.41) is 0. The molecule has 0 amide bonds. The molecule has 6 heteroatoms. The summed E-state index contributed by atoms with van der Waals surface area (Å²) >= 11 is 0. The van der Waals surface area contributed by atoms with Crippen LogP contribution in [0.5, 0.6) is 0 Å². The SMILES string of the molecule is Nc1ccc(N)c(-c2cc(C(F)(F)F)ccn2)c1. The second kappa shape index (κ2) is 4.21. The molecule has 0 aliphatic heterocycles. The molecule has 0 aliphatic rings. The van der Waals surface area contributed by atoms with Crippen molar-refractivity contribution in [1.82, 2.24) is 4.98 Å². The summed E-state index contributed by atoms with van der Waals surface area (Å²) in [6, 6.07) is 6.47. The number of nitrogens with two attached hydrogens (primary N) is 2. The first-order valence-corrected chi connectivity index (χ1v) is 5.06. The maximum atomic E-state index is 12.6. The van der Waals surface area contributed by atoms with Gasteiger partial charge in [-0.2, -0.15) is 13.2 Å². The Morgan fingerprint density at radius 2 is 1.72 bits per heavy atom. The summed E-state index contributed by atoms with van der Waals surface area (Å²) in [7, 11) is 0. The van der Waals surface area contributed by atoms with Gasteiger partial charge in [0.15, 0.2) is 0 Å². The molecule has 0 aliphatic carbocycles. The van der Waals surface area contributed by atoms with Gasteiger partial charge in [-0.1, -0.05) is 0 Å². The second-order valence-electron chi connectivity index (χ2n) is 3.77. The quantitative estimate of drug-likeness (QED) is 0.768. The van der Waals surface area contributed by atoms with Crippen molar-refractivity contribution in [2.24, 2.45) is 0 Å². The van der Waals surface area contributed by atoms with Gasteiger partial charge in [0.1, 0.15) is 0 Å². The van der Waals surface area contributed by atoms with E-state index < -0.39 is 11.7 Å². The molecule has 0 atom stereocenters. The largest absolute Gasteiger partial charge is 0.416 e. The van der Waals surface area contributed by atoms with Crippen molar-refractivity contribution in [1.29, 1.82) is 0 Å². The fourth-order valence-electron chi connectivity index (χ4n) is 1.55. The Morgan fingerprint density at radius 1 is 1.00 bits per heavy atom. The smallest absolute Gasteiger partial charge is 0.399 e. The summed E-state index contributed by atoms with van der Waals surface area (Å²) in [6.07, 6.45) is -3.31. The van der Waals surface area contributed by atoms with Crippen LogP contribution in [0.2, 0.25) is 0 Å². The van der Waals surface area contributed by atoms with E-state index in [0.29, 0.717) is 16.9 Å². The van der Waals surface area contributed by atoms with Gasteiger partial charge in [0.2, 0.25) is 0 Å². The fourth-order valence-corrected chi connectivity index (χ4v) is 1.55. The molecule has 1 aromatic heterocycles. The lowest BCUT2D eigenvalue weighted by Gasteiger charge is -2.10. The van der Waals surface area contributed by atoms with Gasteiger partial charge >= 0.3 is 6.18 Å². The summed E-state index contributed by atoms with van der Waals surface area (Å²) in [6.45, 7) is 0. The van der Waals surface area contributed by atoms with Crippen LogP contribution in [-0.2, 0) is 6.18 Å². The lowest BCUT2D eigenvalue weighted by atomic mass is 10.1. The van der Waals surface area contributed by atoms with E-state index in [1.165, 1.54) is 12.1 Å². The zero-order valence-electron chi connectivity index (χ0n) is 9.20. The van der Waals surface area contributed by atoms with Crippen LogP contribution in [0.4, 0.5) is 24.5 Å². The van der Waals surface area contributed by atoms with Crippen LogP contribution >= 0.6 is 0 Å². The molecule has 1 aromatic carbocycles. The van der Waals surface area contributed by atoms with E-state index in [1.807, 2.05) is 0 Å². The van der Waals surface area contributed by atoms with Gasteiger partial charge in [0.25, 0.3) is 0 Å². The number of pyridine rings is 1. The fraction of sp³-hybridized carbons (Fsp3) is 0.0833. The van der Waals surface area contributed by atoms with Crippen LogP contribution in [0.3, 0.4) is 0 Å². The Bertz CT molecular complexity index is 579. The van der Waals surface area contributed by atoms with E-state index in [9.17, 15) is 13.2 Å². The zero-order chi connectivity index (χ0) is 13.3. The van der Waals surface area contributed by atoms with Crippen molar-refractivity contribution in [3.63, 3.8) is 0 Å². The number of hydrogen-bond acceptors (Lipinski definition) is 3. The molecule has 0 bridgehead atoms. The highest BCUT2D eigenvalue weighted by Crippen LogP contribution is 2.33. The maximum Gasteiger partial charge on any atom is 0.416 e. The molecule has 2 rings (SSSR count). The molecule has 0 unspecified atom stereocenters. The molecule has 3 nitrogen and oxygen atoms in total. The second-order valence-corrected chi connectivity index (χ2v) is 3.77. The van der Waals surface area contributed by atoms with E-state index in [1.54, 1.807) is 6.07 Å². The molecular formula is C12H10F3N3. The van der Waals surface area contributed by atoms with Gasteiger partial charge in [-0.25, -0.2) is 0 Å². The van der Waals surface area contributed by atoms with E-state index in [-0.39, 0.29) is 5.69 Å². The van der Waals surface area contributed by atoms with Crippen LogP contribution in [-0.4, -0.2) is 4.98 Å². The number of benzene rings is 1. The molecule has 0 saturated heterocycles. The van der Waals surface area contributed by atoms with Gasteiger partial charge in [0.05, 0.1) is 11.3 Å². The molecular weight excluding hydrogens is 243 g/mol. The highest BCUT2D eigenvalue weighted by Gasteiger charge is 2.30. The third kappa shape index (κ3) is 2.37. The molecule has 0 saturated carbocycles. The number of rotatable bonds is 1. The Balaban J connectivity index is 2.55. The lowest BCUT2D eigenvalue weighted by molar-refractivity contribution is -0.137. The van der Waals surface area contributed by atoms with Gasteiger partial charge < -0.3 is 11.5 Å². The van der Waals surface area contributed by atoms with Crippen LogP contribution in [0, 0.1) is 0 Å². The van der Waals surface area contributed by atoms with Crippen molar-refractivity contribution in [3.8, 4) is 11.3 Å². The molecule has 0 spiro atoms. The van der Waals surface area contributed by atoms with Gasteiger partial charge in [-0.15, -0.1) is 0 Å². The predicted octanol–water partition coefficient (Wildman–Crippen LogP) is 2.93. The first-order chi connectivity index (χ1) is 8.38. The van der Waals surface area contributed by atoms with Crippen LogP contribution in [0.25, 0.3) is 11.3 Å². The number of nitrogen functional groups attached to an aromatic ring is 2. The molecule has 4 N–H and O–H groups in total. The Hall–Kier alpha value is -2.24. The number of nitrogens with zero attached hydrogens (tertiary/aromatic N) is 1.